The number of alkyl halides is 3. The third-order valence-corrected chi connectivity index (χ3v) is 3.07. The molecule has 0 aliphatic rings. The van der Waals surface area contributed by atoms with Crippen LogP contribution in [0.15, 0.2) is 18.5 Å². The summed E-state index contributed by atoms with van der Waals surface area (Å²) in [7, 11) is 0. The van der Waals surface area contributed by atoms with Crippen molar-refractivity contribution in [2.75, 3.05) is 0 Å². The van der Waals surface area contributed by atoms with Crippen LogP contribution in [0.3, 0.4) is 0 Å². The summed E-state index contributed by atoms with van der Waals surface area (Å²) in [6.45, 7) is 0. The maximum atomic E-state index is 14.0. The van der Waals surface area contributed by atoms with E-state index in [0.29, 0.717) is 18.5 Å². The van der Waals surface area contributed by atoms with Gasteiger partial charge in [-0.2, -0.15) is 18.4 Å². The number of halogens is 5. The standard InChI is InChI=1S/C12H3ClF4N4O2/c13-9-10(19-4-20-11(9)12(15,16)17)6-2-8(21(22)23)5(3-18)1-7(6)14/h1-2,4H. The first-order valence-corrected chi connectivity index (χ1v) is 6.00. The van der Waals surface area contributed by atoms with Gasteiger partial charge in [0, 0.05) is 11.6 Å². The Hall–Kier alpha value is -2.80. The van der Waals surface area contributed by atoms with Crippen LogP contribution in [0.25, 0.3) is 11.3 Å². The summed E-state index contributed by atoms with van der Waals surface area (Å²) in [6, 6.07) is 2.55. The summed E-state index contributed by atoms with van der Waals surface area (Å²) in [6.07, 6.45) is -4.41. The highest BCUT2D eigenvalue weighted by Crippen LogP contribution is 2.39. The number of nitro groups is 1. The molecule has 0 aliphatic heterocycles. The van der Waals surface area contributed by atoms with Crippen molar-refractivity contribution in [3.05, 3.63) is 50.7 Å². The molecule has 23 heavy (non-hydrogen) atoms. The normalized spacial score (nSPS) is 11.1. The maximum Gasteiger partial charge on any atom is 0.434 e. The molecular weight excluding hydrogens is 344 g/mol. The summed E-state index contributed by atoms with van der Waals surface area (Å²) in [5.74, 6) is -1.18. The molecule has 0 saturated carbocycles. The molecule has 118 valence electrons. The third kappa shape index (κ3) is 3.04. The molecule has 0 amide bonds. The summed E-state index contributed by atoms with van der Waals surface area (Å²) in [5, 5.41) is 18.6. The highest BCUT2D eigenvalue weighted by Gasteiger charge is 2.37. The lowest BCUT2D eigenvalue weighted by molar-refractivity contribution is -0.385. The first kappa shape index (κ1) is 16.6. The number of rotatable bonds is 2. The van der Waals surface area contributed by atoms with Gasteiger partial charge in [-0.25, -0.2) is 14.4 Å². The molecule has 0 radical (unpaired) electrons. The fourth-order valence-electron chi connectivity index (χ4n) is 1.74. The summed E-state index contributed by atoms with van der Waals surface area (Å²) >= 11 is 5.56. The number of nitrogens with zero attached hydrogens (tertiary/aromatic N) is 4. The number of hydrogen-bond acceptors (Lipinski definition) is 5. The van der Waals surface area contributed by atoms with Gasteiger partial charge in [-0.3, -0.25) is 10.1 Å². The van der Waals surface area contributed by atoms with E-state index < -0.39 is 50.1 Å². The molecule has 0 spiro atoms. The van der Waals surface area contributed by atoms with Gasteiger partial charge in [0.25, 0.3) is 5.69 Å². The molecule has 0 unspecified atom stereocenters. The molecule has 1 aromatic heterocycles. The monoisotopic (exact) mass is 346 g/mol. The molecule has 2 aromatic rings. The minimum absolute atomic E-state index is 0.507. The Balaban J connectivity index is 2.76. The van der Waals surface area contributed by atoms with E-state index in [1.54, 1.807) is 0 Å². The smallest absolute Gasteiger partial charge is 0.258 e. The fraction of sp³-hybridized carbons (Fsp3) is 0.0833. The van der Waals surface area contributed by atoms with Crippen LogP contribution in [-0.4, -0.2) is 14.9 Å². The molecule has 2 rings (SSSR count). The molecule has 6 nitrogen and oxygen atoms in total. The van der Waals surface area contributed by atoms with Crippen LogP contribution in [0.5, 0.6) is 0 Å². The third-order valence-electron chi connectivity index (χ3n) is 2.72. The van der Waals surface area contributed by atoms with Crippen LogP contribution in [0.2, 0.25) is 5.02 Å². The van der Waals surface area contributed by atoms with Gasteiger partial charge in [0.1, 0.15) is 23.8 Å². The minimum atomic E-state index is -4.91. The van der Waals surface area contributed by atoms with Crippen LogP contribution in [0.1, 0.15) is 11.3 Å². The topological polar surface area (TPSA) is 92.7 Å². The molecular formula is C12H3ClF4N4O2. The van der Waals surface area contributed by atoms with Crippen molar-refractivity contribution < 1.29 is 22.5 Å². The second kappa shape index (κ2) is 5.77. The van der Waals surface area contributed by atoms with Gasteiger partial charge in [-0.05, 0) is 6.07 Å². The van der Waals surface area contributed by atoms with Crippen molar-refractivity contribution in [2.45, 2.75) is 6.18 Å². The molecule has 0 saturated heterocycles. The fourth-order valence-corrected chi connectivity index (χ4v) is 2.05. The van der Waals surface area contributed by atoms with Crippen LogP contribution in [-0.2, 0) is 6.18 Å². The lowest BCUT2D eigenvalue weighted by atomic mass is 10.1. The van der Waals surface area contributed by atoms with E-state index in [1.165, 1.54) is 6.07 Å². The summed E-state index contributed by atoms with van der Waals surface area (Å²) in [4.78, 5) is 16.3. The van der Waals surface area contributed by atoms with E-state index in [4.69, 9.17) is 16.9 Å². The van der Waals surface area contributed by atoms with E-state index in [9.17, 15) is 27.7 Å². The maximum absolute atomic E-state index is 14.0. The quantitative estimate of drug-likeness (QED) is 0.469. The zero-order chi connectivity index (χ0) is 17.4. The van der Waals surface area contributed by atoms with Gasteiger partial charge in [0.2, 0.25) is 0 Å². The average Bonchev–Trinajstić information content (AvgIpc) is 2.46. The van der Waals surface area contributed by atoms with E-state index in [1.807, 2.05) is 0 Å². The molecule has 0 fully saturated rings. The van der Waals surface area contributed by atoms with Gasteiger partial charge >= 0.3 is 6.18 Å². The Morgan fingerprint density at radius 1 is 1.30 bits per heavy atom. The molecule has 0 bridgehead atoms. The largest absolute Gasteiger partial charge is 0.434 e. The SMILES string of the molecule is N#Cc1cc(F)c(-c2ncnc(C(F)(F)F)c2Cl)cc1[N+](=O)[O-]. The van der Waals surface area contributed by atoms with Crippen molar-refractivity contribution in [1.29, 1.82) is 5.26 Å². The van der Waals surface area contributed by atoms with E-state index in [-0.39, 0.29) is 0 Å². The zero-order valence-electron chi connectivity index (χ0n) is 10.7. The Kier molecular flexibility index (Phi) is 4.16. The van der Waals surface area contributed by atoms with Crippen molar-refractivity contribution in [2.24, 2.45) is 0 Å². The molecule has 1 heterocycles. The number of benzene rings is 1. The Morgan fingerprint density at radius 3 is 2.48 bits per heavy atom. The number of aromatic nitrogens is 2. The van der Waals surface area contributed by atoms with Crippen molar-refractivity contribution >= 4 is 17.3 Å². The lowest BCUT2D eigenvalue weighted by Crippen LogP contribution is -2.10. The number of hydrogen-bond donors (Lipinski definition) is 0. The molecule has 0 N–H and O–H groups in total. The number of nitro benzene ring substituents is 1. The molecule has 0 aliphatic carbocycles. The minimum Gasteiger partial charge on any atom is -0.258 e. The van der Waals surface area contributed by atoms with E-state index in [2.05, 4.69) is 9.97 Å². The first-order valence-electron chi connectivity index (χ1n) is 5.63. The highest BCUT2D eigenvalue weighted by molar-refractivity contribution is 6.33. The van der Waals surface area contributed by atoms with E-state index in [0.717, 1.165) is 0 Å². The Labute approximate surface area is 130 Å². The van der Waals surface area contributed by atoms with Crippen LogP contribution >= 0.6 is 11.6 Å². The molecule has 0 atom stereocenters. The number of nitriles is 1. The summed E-state index contributed by atoms with van der Waals surface area (Å²) in [5.41, 5.74) is -4.19. The predicted octanol–water partition coefficient (Wildman–Crippen LogP) is 3.73. The van der Waals surface area contributed by atoms with Crippen LogP contribution < -0.4 is 0 Å². The van der Waals surface area contributed by atoms with Crippen molar-refractivity contribution in [1.82, 2.24) is 9.97 Å². The van der Waals surface area contributed by atoms with Crippen LogP contribution in [0, 0.1) is 27.3 Å². The second-order valence-electron chi connectivity index (χ2n) is 4.10. The van der Waals surface area contributed by atoms with Gasteiger partial charge in [-0.1, -0.05) is 11.6 Å². The van der Waals surface area contributed by atoms with Crippen molar-refractivity contribution in [3.63, 3.8) is 0 Å². The lowest BCUT2D eigenvalue weighted by Gasteiger charge is -2.11. The Bertz CT molecular complexity index is 848. The zero-order valence-corrected chi connectivity index (χ0v) is 11.5. The van der Waals surface area contributed by atoms with Gasteiger partial charge in [-0.15, -0.1) is 0 Å². The predicted molar refractivity (Wildman–Crippen MR) is 68.8 cm³/mol. The van der Waals surface area contributed by atoms with E-state index >= 15 is 0 Å². The second-order valence-corrected chi connectivity index (χ2v) is 4.48. The van der Waals surface area contributed by atoms with Crippen LogP contribution in [0.4, 0.5) is 23.2 Å². The molecule has 1 aromatic carbocycles. The molecule has 11 heteroatoms. The Morgan fingerprint density at radius 2 is 1.96 bits per heavy atom. The van der Waals surface area contributed by atoms with Gasteiger partial charge in [0.05, 0.1) is 15.6 Å². The highest BCUT2D eigenvalue weighted by atomic mass is 35.5. The summed E-state index contributed by atoms with van der Waals surface area (Å²) < 4.78 is 52.3. The van der Waals surface area contributed by atoms with Gasteiger partial charge < -0.3 is 0 Å². The van der Waals surface area contributed by atoms with Crippen molar-refractivity contribution in [3.8, 4) is 17.3 Å². The van der Waals surface area contributed by atoms with Gasteiger partial charge in [0.15, 0.2) is 5.69 Å². The average molecular weight is 347 g/mol. The first-order chi connectivity index (χ1) is 10.7.